The summed E-state index contributed by atoms with van der Waals surface area (Å²) in [5, 5.41) is 13.5. The molecule has 2 aromatic rings. The van der Waals surface area contributed by atoms with Gasteiger partial charge in [-0.1, -0.05) is 19.9 Å². The molecule has 112 valence electrons. The number of carbonyl (C=O) groups excluding carboxylic acids is 1. The normalized spacial score (nSPS) is 12.6. The van der Waals surface area contributed by atoms with Gasteiger partial charge < -0.3 is 10.4 Å². The summed E-state index contributed by atoms with van der Waals surface area (Å²) in [7, 11) is 0. The van der Waals surface area contributed by atoms with Crippen LogP contribution in [-0.2, 0) is 0 Å². The van der Waals surface area contributed by atoms with Crippen LogP contribution >= 0.6 is 0 Å². The van der Waals surface area contributed by atoms with Crippen LogP contribution in [0.1, 0.15) is 36.3 Å². The standard InChI is InChI=1S/C17H22N2O2/c1-11(2)8-15(20)10-18-17(21)14-6-7-16-13(9-14)5-4-12(3)19-16/h4-7,9,11,15,20H,8,10H2,1-3H3,(H,18,21). The first kappa shape index (κ1) is 15.4. The van der Waals surface area contributed by atoms with Gasteiger partial charge in [-0.05, 0) is 43.5 Å². The largest absolute Gasteiger partial charge is 0.391 e. The zero-order chi connectivity index (χ0) is 15.4. The number of carbonyl (C=O) groups is 1. The molecular weight excluding hydrogens is 264 g/mol. The number of hydrogen-bond acceptors (Lipinski definition) is 3. The molecule has 1 aromatic heterocycles. The molecule has 21 heavy (non-hydrogen) atoms. The van der Waals surface area contributed by atoms with E-state index in [9.17, 15) is 9.90 Å². The number of rotatable bonds is 5. The minimum atomic E-state index is -0.501. The maximum atomic E-state index is 12.1. The molecule has 0 fully saturated rings. The lowest BCUT2D eigenvalue weighted by atomic mass is 10.1. The Balaban J connectivity index is 2.04. The summed E-state index contributed by atoms with van der Waals surface area (Å²) >= 11 is 0. The lowest BCUT2D eigenvalue weighted by Crippen LogP contribution is -2.32. The molecule has 4 heteroatoms. The number of fused-ring (bicyclic) bond motifs is 1. The monoisotopic (exact) mass is 286 g/mol. The van der Waals surface area contributed by atoms with Gasteiger partial charge in [-0.3, -0.25) is 9.78 Å². The number of pyridine rings is 1. The fourth-order valence-corrected chi connectivity index (χ4v) is 2.31. The maximum Gasteiger partial charge on any atom is 0.251 e. The van der Waals surface area contributed by atoms with Crippen molar-refractivity contribution in [1.82, 2.24) is 10.3 Å². The van der Waals surface area contributed by atoms with Crippen molar-refractivity contribution in [2.45, 2.75) is 33.3 Å². The summed E-state index contributed by atoms with van der Waals surface area (Å²) in [6.07, 6.45) is 0.181. The third kappa shape index (κ3) is 4.26. The third-order valence-corrected chi connectivity index (χ3v) is 3.33. The van der Waals surface area contributed by atoms with E-state index in [0.717, 1.165) is 16.6 Å². The van der Waals surface area contributed by atoms with Crippen LogP contribution in [0.2, 0.25) is 0 Å². The van der Waals surface area contributed by atoms with Crippen LogP contribution in [0.3, 0.4) is 0 Å². The van der Waals surface area contributed by atoms with Crippen molar-refractivity contribution >= 4 is 16.8 Å². The van der Waals surface area contributed by atoms with E-state index < -0.39 is 6.10 Å². The minimum absolute atomic E-state index is 0.166. The SMILES string of the molecule is Cc1ccc2cc(C(=O)NCC(O)CC(C)C)ccc2n1. The molecule has 0 aliphatic heterocycles. The summed E-state index contributed by atoms with van der Waals surface area (Å²) in [4.78, 5) is 16.5. The van der Waals surface area contributed by atoms with E-state index in [4.69, 9.17) is 0 Å². The molecule has 0 radical (unpaired) electrons. The Hall–Kier alpha value is -1.94. The van der Waals surface area contributed by atoms with E-state index >= 15 is 0 Å². The van der Waals surface area contributed by atoms with Crippen LogP contribution in [0, 0.1) is 12.8 Å². The van der Waals surface area contributed by atoms with E-state index in [1.807, 2.05) is 45.0 Å². The van der Waals surface area contributed by atoms with E-state index in [0.29, 0.717) is 17.9 Å². The minimum Gasteiger partial charge on any atom is -0.391 e. The zero-order valence-electron chi connectivity index (χ0n) is 12.8. The lowest BCUT2D eigenvalue weighted by Gasteiger charge is -2.14. The summed E-state index contributed by atoms with van der Waals surface area (Å²) < 4.78 is 0. The third-order valence-electron chi connectivity index (χ3n) is 3.33. The molecule has 1 aromatic carbocycles. The predicted octanol–water partition coefficient (Wildman–Crippen LogP) is 2.68. The second-order valence-corrected chi connectivity index (χ2v) is 5.85. The smallest absolute Gasteiger partial charge is 0.251 e. The molecule has 4 nitrogen and oxygen atoms in total. The average Bonchev–Trinajstić information content (AvgIpc) is 2.43. The Kier molecular flexibility index (Phi) is 4.91. The van der Waals surface area contributed by atoms with Gasteiger partial charge in [-0.25, -0.2) is 0 Å². The van der Waals surface area contributed by atoms with Gasteiger partial charge in [-0.2, -0.15) is 0 Å². The van der Waals surface area contributed by atoms with Gasteiger partial charge in [0, 0.05) is 23.2 Å². The van der Waals surface area contributed by atoms with Crippen molar-refractivity contribution in [1.29, 1.82) is 0 Å². The zero-order valence-corrected chi connectivity index (χ0v) is 12.8. The topological polar surface area (TPSA) is 62.2 Å². The number of amides is 1. The Bertz CT molecular complexity index is 638. The van der Waals surface area contributed by atoms with E-state index in [1.165, 1.54) is 0 Å². The van der Waals surface area contributed by atoms with Crippen LogP contribution in [0.25, 0.3) is 10.9 Å². The van der Waals surface area contributed by atoms with Crippen LogP contribution in [0.4, 0.5) is 0 Å². The number of aliphatic hydroxyl groups is 1. The molecule has 0 bridgehead atoms. The summed E-state index contributed by atoms with van der Waals surface area (Å²) in [5.41, 5.74) is 2.42. The molecule has 0 saturated carbocycles. The van der Waals surface area contributed by atoms with Gasteiger partial charge in [-0.15, -0.1) is 0 Å². The molecule has 1 atom stereocenters. The van der Waals surface area contributed by atoms with Gasteiger partial charge in [0.2, 0.25) is 0 Å². The fourth-order valence-electron chi connectivity index (χ4n) is 2.31. The fraction of sp³-hybridized carbons (Fsp3) is 0.412. The molecular formula is C17H22N2O2. The quantitative estimate of drug-likeness (QED) is 0.888. The second kappa shape index (κ2) is 6.68. The summed E-state index contributed by atoms with van der Waals surface area (Å²) in [6, 6.07) is 9.32. The first-order chi connectivity index (χ1) is 9.95. The highest BCUT2D eigenvalue weighted by Crippen LogP contribution is 2.15. The van der Waals surface area contributed by atoms with Crippen LogP contribution in [0.15, 0.2) is 30.3 Å². The number of nitrogens with one attached hydrogen (secondary N) is 1. The van der Waals surface area contributed by atoms with Crippen molar-refractivity contribution in [3.63, 3.8) is 0 Å². The van der Waals surface area contributed by atoms with Gasteiger partial charge in [0.25, 0.3) is 5.91 Å². The van der Waals surface area contributed by atoms with Crippen molar-refractivity contribution < 1.29 is 9.90 Å². The highest BCUT2D eigenvalue weighted by molar-refractivity contribution is 5.97. The highest BCUT2D eigenvalue weighted by Gasteiger charge is 2.11. The number of aliphatic hydroxyl groups excluding tert-OH is 1. The lowest BCUT2D eigenvalue weighted by molar-refractivity contribution is 0.0900. The number of nitrogens with zero attached hydrogens (tertiary/aromatic N) is 1. The molecule has 0 aliphatic carbocycles. The van der Waals surface area contributed by atoms with Crippen LogP contribution < -0.4 is 5.32 Å². The molecule has 1 amide bonds. The number of aryl methyl sites for hydroxylation is 1. The second-order valence-electron chi connectivity index (χ2n) is 5.85. The van der Waals surface area contributed by atoms with E-state index in [-0.39, 0.29) is 12.5 Å². The molecule has 0 saturated heterocycles. The summed E-state index contributed by atoms with van der Waals surface area (Å²) in [5.74, 6) is 0.243. The van der Waals surface area contributed by atoms with Crippen molar-refractivity contribution in [2.75, 3.05) is 6.54 Å². The number of aromatic nitrogens is 1. The average molecular weight is 286 g/mol. The van der Waals surface area contributed by atoms with E-state index in [1.54, 1.807) is 6.07 Å². The molecule has 1 unspecified atom stereocenters. The van der Waals surface area contributed by atoms with Crippen LogP contribution in [-0.4, -0.2) is 28.6 Å². The van der Waals surface area contributed by atoms with Crippen LogP contribution in [0.5, 0.6) is 0 Å². The van der Waals surface area contributed by atoms with Gasteiger partial charge in [0.1, 0.15) is 0 Å². The highest BCUT2D eigenvalue weighted by atomic mass is 16.3. The molecule has 2 N–H and O–H groups in total. The number of hydrogen-bond donors (Lipinski definition) is 2. The van der Waals surface area contributed by atoms with Crippen molar-refractivity contribution in [3.05, 3.63) is 41.6 Å². The molecule has 0 aliphatic rings. The van der Waals surface area contributed by atoms with E-state index in [2.05, 4.69) is 10.3 Å². The first-order valence-electron chi connectivity index (χ1n) is 7.29. The van der Waals surface area contributed by atoms with Crippen molar-refractivity contribution in [2.24, 2.45) is 5.92 Å². The Labute approximate surface area is 125 Å². The Morgan fingerprint density at radius 3 is 2.76 bits per heavy atom. The summed E-state index contributed by atoms with van der Waals surface area (Å²) in [6.45, 7) is 6.31. The number of benzene rings is 1. The first-order valence-corrected chi connectivity index (χ1v) is 7.29. The van der Waals surface area contributed by atoms with Gasteiger partial charge in [0.15, 0.2) is 0 Å². The Morgan fingerprint density at radius 2 is 2.05 bits per heavy atom. The maximum absolute atomic E-state index is 12.1. The molecule has 1 heterocycles. The Morgan fingerprint density at radius 1 is 1.29 bits per heavy atom. The predicted molar refractivity (Wildman–Crippen MR) is 84.3 cm³/mol. The van der Waals surface area contributed by atoms with Gasteiger partial charge >= 0.3 is 0 Å². The molecule has 2 rings (SSSR count). The van der Waals surface area contributed by atoms with Crippen molar-refractivity contribution in [3.8, 4) is 0 Å². The van der Waals surface area contributed by atoms with Gasteiger partial charge in [0.05, 0.1) is 11.6 Å². The molecule has 0 spiro atoms.